The van der Waals surface area contributed by atoms with Gasteiger partial charge in [0.1, 0.15) is 5.60 Å². The van der Waals surface area contributed by atoms with Crippen molar-refractivity contribution in [1.82, 2.24) is 4.90 Å². The summed E-state index contributed by atoms with van der Waals surface area (Å²) < 4.78 is 0. The lowest BCUT2D eigenvalue weighted by atomic mass is 9.71. The minimum absolute atomic E-state index is 0.00815. The molecule has 1 heterocycles. The molecule has 0 aromatic heterocycles. The van der Waals surface area contributed by atoms with E-state index in [1.807, 2.05) is 60.7 Å². The second-order valence-corrected chi connectivity index (χ2v) is 12.0. The third-order valence-electron chi connectivity index (χ3n) is 7.74. The Bertz CT molecular complexity index is 1040. The van der Waals surface area contributed by atoms with Crippen molar-refractivity contribution in [2.24, 2.45) is 5.92 Å². The highest BCUT2D eigenvalue weighted by molar-refractivity contribution is 7.81. The highest BCUT2D eigenvalue weighted by Crippen LogP contribution is 2.43. The van der Waals surface area contributed by atoms with Gasteiger partial charge in [-0.15, -0.1) is 0 Å². The Morgan fingerprint density at radius 1 is 0.861 bits per heavy atom. The van der Waals surface area contributed by atoms with Gasteiger partial charge in [0, 0.05) is 17.7 Å². The van der Waals surface area contributed by atoms with E-state index < -0.39 is 11.7 Å². The molecule has 1 saturated heterocycles. The van der Waals surface area contributed by atoms with Gasteiger partial charge < -0.3 is 15.1 Å². The van der Waals surface area contributed by atoms with Crippen LogP contribution in [0.3, 0.4) is 0 Å². The molecular weight excluding hydrogens is 462 g/mol. The maximum atomic E-state index is 12.2. The predicted octanol–water partition coefficient (Wildman–Crippen LogP) is 6.35. The van der Waals surface area contributed by atoms with Crippen molar-refractivity contribution in [3.05, 3.63) is 107 Å². The number of nitrogens with zero attached hydrogens (tertiary/aromatic N) is 1. The SMILES string of the molecule is CC(C)(C)c1ccc(C(O)CCCN2CCC(C(O)(c3ccccc3)c3ccccc3)C(S)C2)cc1. The normalized spacial score (nSPS) is 20.3. The van der Waals surface area contributed by atoms with E-state index in [1.165, 1.54) is 5.56 Å². The summed E-state index contributed by atoms with van der Waals surface area (Å²) in [5, 5.41) is 23.0. The Morgan fingerprint density at radius 2 is 1.42 bits per heavy atom. The highest BCUT2D eigenvalue weighted by atomic mass is 32.1. The van der Waals surface area contributed by atoms with Crippen molar-refractivity contribution < 1.29 is 10.2 Å². The molecule has 4 heteroatoms. The summed E-state index contributed by atoms with van der Waals surface area (Å²) in [5.74, 6) is 0.00815. The molecule has 1 aliphatic rings. The van der Waals surface area contributed by atoms with E-state index in [4.69, 9.17) is 12.6 Å². The van der Waals surface area contributed by atoms with Gasteiger partial charge in [-0.3, -0.25) is 0 Å². The number of hydrogen-bond donors (Lipinski definition) is 3. The van der Waals surface area contributed by atoms with Gasteiger partial charge >= 0.3 is 0 Å². The van der Waals surface area contributed by atoms with Crippen LogP contribution in [0.1, 0.15) is 68.4 Å². The van der Waals surface area contributed by atoms with Crippen LogP contribution in [0.4, 0.5) is 0 Å². The summed E-state index contributed by atoms with van der Waals surface area (Å²) >= 11 is 5.01. The molecule has 0 spiro atoms. The van der Waals surface area contributed by atoms with Crippen LogP contribution < -0.4 is 0 Å². The Hall–Kier alpha value is -2.11. The molecule has 3 nitrogen and oxygen atoms in total. The minimum Gasteiger partial charge on any atom is -0.388 e. The molecule has 0 saturated carbocycles. The van der Waals surface area contributed by atoms with Crippen LogP contribution in [0.15, 0.2) is 84.9 Å². The minimum atomic E-state index is -1.07. The molecule has 1 aliphatic heterocycles. The molecule has 3 atom stereocenters. The largest absolute Gasteiger partial charge is 0.388 e. The average molecular weight is 504 g/mol. The van der Waals surface area contributed by atoms with Crippen LogP contribution in [-0.2, 0) is 11.0 Å². The molecule has 2 N–H and O–H groups in total. The fourth-order valence-electron chi connectivity index (χ4n) is 5.55. The first-order valence-corrected chi connectivity index (χ1v) is 13.7. The number of piperidine rings is 1. The van der Waals surface area contributed by atoms with Gasteiger partial charge in [-0.05, 0) is 60.0 Å². The number of rotatable bonds is 8. The number of aliphatic hydroxyl groups excluding tert-OH is 1. The van der Waals surface area contributed by atoms with Gasteiger partial charge in [0.05, 0.1) is 6.10 Å². The zero-order chi connectivity index (χ0) is 25.8. The first-order chi connectivity index (χ1) is 17.2. The molecule has 0 amide bonds. The van der Waals surface area contributed by atoms with Crippen LogP contribution in [-0.4, -0.2) is 40.0 Å². The lowest BCUT2D eigenvalue weighted by Gasteiger charge is -2.45. The van der Waals surface area contributed by atoms with Crippen LogP contribution in [0.2, 0.25) is 0 Å². The Kier molecular flexibility index (Phi) is 8.62. The molecule has 0 radical (unpaired) electrons. The van der Waals surface area contributed by atoms with Gasteiger partial charge in [0.15, 0.2) is 0 Å². The lowest BCUT2D eigenvalue weighted by Crippen LogP contribution is -2.50. The van der Waals surface area contributed by atoms with Crippen molar-refractivity contribution in [3.8, 4) is 0 Å². The van der Waals surface area contributed by atoms with Crippen molar-refractivity contribution >= 4 is 12.6 Å². The summed E-state index contributed by atoms with van der Waals surface area (Å²) in [5.41, 5.74) is 3.17. The number of likely N-dealkylation sites (tertiary alicyclic amines) is 1. The van der Waals surface area contributed by atoms with Gasteiger partial charge in [-0.2, -0.15) is 12.6 Å². The quantitative estimate of drug-likeness (QED) is 0.314. The molecule has 192 valence electrons. The molecule has 36 heavy (non-hydrogen) atoms. The third-order valence-corrected chi connectivity index (χ3v) is 8.27. The van der Waals surface area contributed by atoms with Crippen LogP contribution in [0.25, 0.3) is 0 Å². The Morgan fingerprint density at radius 3 is 1.92 bits per heavy atom. The Labute approximate surface area is 222 Å². The number of aliphatic hydroxyl groups is 2. The Balaban J connectivity index is 1.36. The summed E-state index contributed by atoms with van der Waals surface area (Å²) in [6, 6.07) is 28.4. The summed E-state index contributed by atoms with van der Waals surface area (Å²) in [6.45, 7) is 9.28. The monoisotopic (exact) mass is 503 g/mol. The second-order valence-electron chi connectivity index (χ2n) is 11.3. The van der Waals surface area contributed by atoms with Crippen LogP contribution in [0.5, 0.6) is 0 Å². The molecule has 0 bridgehead atoms. The predicted molar refractivity (Wildman–Crippen MR) is 153 cm³/mol. The lowest BCUT2D eigenvalue weighted by molar-refractivity contribution is -0.0105. The van der Waals surface area contributed by atoms with Gasteiger partial charge in [-0.25, -0.2) is 0 Å². The topological polar surface area (TPSA) is 43.7 Å². The first-order valence-electron chi connectivity index (χ1n) is 13.2. The molecule has 0 aliphatic carbocycles. The average Bonchev–Trinajstić information content (AvgIpc) is 2.89. The molecule has 3 aromatic rings. The van der Waals surface area contributed by atoms with Crippen molar-refractivity contribution in [1.29, 1.82) is 0 Å². The fourth-order valence-corrected chi connectivity index (χ4v) is 6.14. The van der Waals surface area contributed by atoms with E-state index in [0.717, 1.165) is 55.6 Å². The maximum Gasteiger partial charge on any atom is 0.119 e. The zero-order valence-corrected chi connectivity index (χ0v) is 22.7. The van der Waals surface area contributed by atoms with E-state index >= 15 is 0 Å². The van der Waals surface area contributed by atoms with Gasteiger partial charge in [-0.1, -0.05) is 106 Å². The van der Waals surface area contributed by atoms with Crippen molar-refractivity contribution in [2.45, 2.75) is 62.4 Å². The number of thiol groups is 1. The molecule has 3 aromatic carbocycles. The van der Waals surface area contributed by atoms with Crippen LogP contribution >= 0.6 is 12.6 Å². The van der Waals surface area contributed by atoms with E-state index in [0.29, 0.717) is 0 Å². The van der Waals surface area contributed by atoms with Gasteiger partial charge in [0.2, 0.25) is 0 Å². The zero-order valence-electron chi connectivity index (χ0n) is 21.8. The summed E-state index contributed by atoms with van der Waals surface area (Å²) in [7, 11) is 0. The van der Waals surface area contributed by atoms with E-state index in [-0.39, 0.29) is 16.6 Å². The van der Waals surface area contributed by atoms with Crippen LogP contribution in [0, 0.1) is 5.92 Å². The molecule has 3 unspecified atom stereocenters. The highest BCUT2D eigenvalue weighted by Gasteiger charge is 2.45. The first kappa shape index (κ1) is 26.9. The summed E-state index contributed by atoms with van der Waals surface area (Å²) in [6.07, 6.45) is 2.09. The third kappa shape index (κ3) is 6.06. The van der Waals surface area contributed by atoms with E-state index in [9.17, 15) is 10.2 Å². The molecular formula is C32H41NO2S. The number of benzene rings is 3. The smallest absolute Gasteiger partial charge is 0.119 e. The van der Waals surface area contributed by atoms with Gasteiger partial charge in [0.25, 0.3) is 0 Å². The molecule has 1 fully saturated rings. The standard InChI is InChI=1S/C32H41NO2S/c1-31(2,3)25-18-16-24(17-19-25)29(34)15-10-21-33-22-20-28(30(36)23-33)32(35,26-11-6-4-7-12-26)27-13-8-5-9-14-27/h4-9,11-14,16-19,28-30,34-36H,10,15,20-23H2,1-3H3. The van der Waals surface area contributed by atoms with Crippen molar-refractivity contribution in [2.75, 3.05) is 19.6 Å². The van der Waals surface area contributed by atoms with Crippen molar-refractivity contribution in [3.63, 3.8) is 0 Å². The second kappa shape index (κ2) is 11.5. The van der Waals surface area contributed by atoms with E-state index in [1.54, 1.807) is 0 Å². The van der Waals surface area contributed by atoms with E-state index in [2.05, 4.69) is 49.9 Å². The fraction of sp³-hybridized carbons (Fsp3) is 0.438. The summed E-state index contributed by atoms with van der Waals surface area (Å²) in [4.78, 5) is 2.43. The maximum absolute atomic E-state index is 12.2. The number of hydrogen-bond acceptors (Lipinski definition) is 4. The molecule has 4 rings (SSSR count).